The standard InChI is InChI=1S/C8H6F3I/c1-5-6(8(9,10)11)3-2-4-7(5)12/h2-4H,1H3. The molecule has 0 aliphatic heterocycles. The van der Waals surface area contributed by atoms with Gasteiger partial charge in [-0.3, -0.25) is 0 Å². The van der Waals surface area contributed by atoms with E-state index < -0.39 is 11.7 Å². The van der Waals surface area contributed by atoms with Gasteiger partial charge in [-0.1, -0.05) is 6.07 Å². The van der Waals surface area contributed by atoms with Crippen LogP contribution < -0.4 is 0 Å². The highest BCUT2D eigenvalue weighted by Gasteiger charge is 2.32. The van der Waals surface area contributed by atoms with Crippen molar-refractivity contribution in [2.24, 2.45) is 0 Å². The first-order chi connectivity index (χ1) is 5.43. The molecule has 1 aromatic carbocycles. The Morgan fingerprint density at radius 3 is 2.25 bits per heavy atom. The average Bonchev–Trinajstić information content (AvgIpc) is 1.92. The number of alkyl halides is 3. The van der Waals surface area contributed by atoms with Crippen molar-refractivity contribution < 1.29 is 13.2 Å². The van der Waals surface area contributed by atoms with E-state index in [9.17, 15) is 13.2 Å². The van der Waals surface area contributed by atoms with Gasteiger partial charge in [-0.15, -0.1) is 0 Å². The van der Waals surface area contributed by atoms with E-state index in [0.717, 1.165) is 6.07 Å². The molecule has 0 spiro atoms. The van der Waals surface area contributed by atoms with Gasteiger partial charge in [0.15, 0.2) is 0 Å². The zero-order chi connectivity index (χ0) is 9.35. The lowest BCUT2D eigenvalue weighted by Crippen LogP contribution is -2.07. The highest BCUT2D eigenvalue weighted by atomic mass is 127. The van der Waals surface area contributed by atoms with Crippen LogP contribution in [0.15, 0.2) is 18.2 Å². The molecule has 0 aliphatic carbocycles. The van der Waals surface area contributed by atoms with Crippen molar-refractivity contribution in [1.82, 2.24) is 0 Å². The predicted molar refractivity (Wildman–Crippen MR) is 48.9 cm³/mol. The Labute approximate surface area is 81.9 Å². The summed E-state index contributed by atoms with van der Waals surface area (Å²) in [5, 5.41) is 0. The fourth-order valence-corrected chi connectivity index (χ4v) is 1.41. The number of hydrogen-bond acceptors (Lipinski definition) is 0. The lowest BCUT2D eigenvalue weighted by molar-refractivity contribution is -0.138. The molecule has 0 amide bonds. The molecular formula is C8H6F3I. The van der Waals surface area contributed by atoms with Crippen molar-refractivity contribution in [2.75, 3.05) is 0 Å². The summed E-state index contributed by atoms with van der Waals surface area (Å²) in [5.41, 5.74) is -0.250. The van der Waals surface area contributed by atoms with E-state index in [2.05, 4.69) is 0 Å². The topological polar surface area (TPSA) is 0 Å². The van der Waals surface area contributed by atoms with E-state index in [1.165, 1.54) is 13.0 Å². The third kappa shape index (κ3) is 1.91. The molecule has 0 bridgehead atoms. The Balaban J connectivity index is 3.26. The van der Waals surface area contributed by atoms with Crippen LogP contribution in [0, 0.1) is 10.5 Å². The van der Waals surface area contributed by atoms with Gasteiger partial charge in [0.25, 0.3) is 0 Å². The lowest BCUT2D eigenvalue weighted by atomic mass is 10.1. The summed E-state index contributed by atoms with van der Waals surface area (Å²) in [6.07, 6.45) is -4.23. The largest absolute Gasteiger partial charge is 0.416 e. The molecule has 0 saturated carbocycles. The molecule has 0 unspecified atom stereocenters. The van der Waals surface area contributed by atoms with Crippen LogP contribution >= 0.6 is 22.6 Å². The Morgan fingerprint density at radius 2 is 1.83 bits per heavy atom. The van der Waals surface area contributed by atoms with E-state index >= 15 is 0 Å². The Morgan fingerprint density at radius 1 is 1.25 bits per heavy atom. The SMILES string of the molecule is Cc1c(I)cccc1C(F)(F)F. The van der Waals surface area contributed by atoms with Gasteiger partial charge < -0.3 is 0 Å². The number of benzene rings is 1. The highest BCUT2D eigenvalue weighted by molar-refractivity contribution is 14.1. The zero-order valence-electron chi connectivity index (χ0n) is 6.24. The average molecular weight is 286 g/mol. The van der Waals surface area contributed by atoms with Crippen molar-refractivity contribution in [3.63, 3.8) is 0 Å². The van der Waals surface area contributed by atoms with Crippen LogP contribution in [0.3, 0.4) is 0 Å². The van der Waals surface area contributed by atoms with Crippen molar-refractivity contribution in [3.05, 3.63) is 32.9 Å². The van der Waals surface area contributed by atoms with Gasteiger partial charge in [-0.2, -0.15) is 13.2 Å². The van der Waals surface area contributed by atoms with E-state index in [1.807, 2.05) is 22.6 Å². The van der Waals surface area contributed by atoms with Crippen LogP contribution in [0.4, 0.5) is 13.2 Å². The maximum atomic E-state index is 12.2. The second-order valence-corrected chi connectivity index (χ2v) is 3.57. The molecule has 12 heavy (non-hydrogen) atoms. The van der Waals surface area contributed by atoms with Crippen molar-refractivity contribution in [1.29, 1.82) is 0 Å². The first-order valence-corrected chi connectivity index (χ1v) is 4.33. The van der Waals surface area contributed by atoms with Gasteiger partial charge in [-0.05, 0) is 47.2 Å². The summed E-state index contributed by atoms with van der Waals surface area (Å²) < 4.78 is 37.3. The molecule has 66 valence electrons. The molecule has 0 atom stereocenters. The molecule has 4 heteroatoms. The maximum absolute atomic E-state index is 12.2. The Kier molecular flexibility index (Phi) is 2.65. The van der Waals surface area contributed by atoms with E-state index in [4.69, 9.17) is 0 Å². The van der Waals surface area contributed by atoms with Gasteiger partial charge in [0, 0.05) is 3.57 Å². The third-order valence-electron chi connectivity index (χ3n) is 1.57. The van der Waals surface area contributed by atoms with Crippen molar-refractivity contribution in [3.8, 4) is 0 Å². The van der Waals surface area contributed by atoms with Gasteiger partial charge in [0.1, 0.15) is 0 Å². The molecule has 0 aromatic heterocycles. The molecular weight excluding hydrogens is 280 g/mol. The minimum absolute atomic E-state index is 0.297. The summed E-state index contributed by atoms with van der Waals surface area (Å²) in [7, 11) is 0. The first-order valence-electron chi connectivity index (χ1n) is 3.25. The fourth-order valence-electron chi connectivity index (χ4n) is 0.915. The van der Waals surface area contributed by atoms with Gasteiger partial charge in [0.2, 0.25) is 0 Å². The zero-order valence-corrected chi connectivity index (χ0v) is 8.40. The molecule has 0 saturated heterocycles. The molecule has 1 aromatic rings. The maximum Gasteiger partial charge on any atom is 0.416 e. The van der Waals surface area contributed by atoms with Gasteiger partial charge in [0.05, 0.1) is 5.56 Å². The number of hydrogen-bond donors (Lipinski definition) is 0. The summed E-state index contributed by atoms with van der Waals surface area (Å²) >= 11 is 1.89. The third-order valence-corrected chi connectivity index (χ3v) is 2.74. The Bertz CT molecular complexity index is 291. The molecule has 0 nitrogen and oxygen atoms in total. The highest BCUT2D eigenvalue weighted by Crippen LogP contribution is 2.33. The summed E-state index contributed by atoms with van der Waals surface area (Å²) in [5.74, 6) is 0. The van der Waals surface area contributed by atoms with Crippen molar-refractivity contribution in [2.45, 2.75) is 13.1 Å². The second kappa shape index (κ2) is 3.24. The Hall–Kier alpha value is -0.260. The molecule has 0 aliphatic rings. The van der Waals surface area contributed by atoms with Crippen LogP contribution in [-0.2, 0) is 6.18 Å². The van der Waals surface area contributed by atoms with Crippen molar-refractivity contribution >= 4 is 22.6 Å². The normalized spacial score (nSPS) is 11.8. The molecule has 0 fully saturated rings. The quantitative estimate of drug-likeness (QED) is 0.639. The van der Waals surface area contributed by atoms with E-state index in [1.54, 1.807) is 6.07 Å². The summed E-state index contributed by atoms with van der Waals surface area (Å²) in [6, 6.07) is 4.17. The molecule has 0 N–H and O–H groups in total. The lowest BCUT2D eigenvalue weighted by Gasteiger charge is -2.10. The molecule has 0 heterocycles. The van der Waals surface area contributed by atoms with Crippen LogP contribution in [0.2, 0.25) is 0 Å². The van der Waals surface area contributed by atoms with Gasteiger partial charge in [-0.25, -0.2) is 0 Å². The van der Waals surface area contributed by atoms with E-state index in [0.29, 0.717) is 9.13 Å². The summed E-state index contributed by atoms with van der Waals surface area (Å²) in [4.78, 5) is 0. The minimum atomic E-state index is -4.23. The smallest absolute Gasteiger partial charge is 0.166 e. The minimum Gasteiger partial charge on any atom is -0.166 e. The van der Waals surface area contributed by atoms with Crippen LogP contribution in [0.5, 0.6) is 0 Å². The predicted octanol–water partition coefficient (Wildman–Crippen LogP) is 3.62. The van der Waals surface area contributed by atoms with Crippen LogP contribution in [0.1, 0.15) is 11.1 Å². The molecule has 1 rings (SSSR count). The second-order valence-electron chi connectivity index (χ2n) is 2.41. The fraction of sp³-hybridized carbons (Fsp3) is 0.250. The first kappa shape index (κ1) is 9.83. The number of halogens is 4. The van der Waals surface area contributed by atoms with Crippen LogP contribution in [0.25, 0.3) is 0 Å². The summed E-state index contributed by atoms with van der Waals surface area (Å²) in [6.45, 7) is 1.48. The van der Waals surface area contributed by atoms with E-state index in [-0.39, 0.29) is 0 Å². The number of rotatable bonds is 0. The van der Waals surface area contributed by atoms with Crippen LogP contribution in [-0.4, -0.2) is 0 Å². The molecule has 0 radical (unpaired) electrons. The monoisotopic (exact) mass is 286 g/mol. The van der Waals surface area contributed by atoms with Gasteiger partial charge >= 0.3 is 6.18 Å².